The van der Waals surface area contributed by atoms with Gasteiger partial charge in [-0.3, -0.25) is 4.79 Å². The Morgan fingerprint density at radius 3 is 2.93 bits per heavy atom. The first-order chi connectivity index (χ1) is 14.4. The van der Waals surface area contributed by atoms with Crippen molar-refractivity contribution in [3.63, 3.8) is 0 Å². The molecule has 1 saturated heterocycles. The van der Waals surface area contributed by atoms with Gasteiger partial charge in [0.15, 0.2) is 0 Å². The number of hydrogen-bond acceptors (Lipinski definition) is 7. The summed E-state index contributed by atoms with van der Waals surface area (Å²) >= 11 is 6.48. The predicted molar refractivity (Wildman–Crippen MR) is 118 cm³/mol. The van der Waals surface area contributed by atoms with E-state index >= 15 is 0 Å². The highest BCUT2D eigenvalue weighted by Crippen LogP contribution is 2.35. The van der Waals surface area contributed by atoms with E-state index in [9.17, 15) is 4.79 Å². The maximum Gasteiger partial charge on any atom is 0.254 e. The molecule has 1 aromatic heterocycles. The quantitative estimate of drug-likeness (QED) is 0.666. The Bertz CT molecular complexity index is 879. The monoisotopic (exact) mass is 433 g/mol. The third-order valence-corrected chi connectivity index (χ3v) is 5.21. The third-order valence-electron chi connectivity index (χ3n) is 4.87. The summed E-state index contributed by atoms with van der Waals surface area (Å²) in [6, 6.07) is 6.91. The molecule has 9 heteroatoms. The number of halogens is 1. The van der Waals surface area contributed by atoms with Crippen molar-refractivity contribution in [3.05, 3.63) is 36.0 Å². The van der Waals surface area contributed by atoms with Crippen LogP contribution in [0.25, 0.3) is 0 Å². The number of carbonyl (C=O) groups excluding carboxylic acids is 1. The SMILES string of the molecule is CNc1ccnc(N(Cl)c2ccc(C(=O)N3CCOC(CC(C)C)C3)cc2OC)n1. The highest BCUT2D eigenvalue weighted by molar-refractivity contribution is 6.29. The van der Waals surface area contributed by atoms with Crippen molar-refractivity contribution in [1.29, 1.82) is 0 Å². The molecular formula is C21H28ClN5O3. The topological polar surface area (TPSA) is 79.8 Å². The van der Waals surface area contributed by atoms with Crippen LogP contribution in [0.3, 0.4) is 0 Å². The molecular weight excluding hydrogens is 406 g/mol. The summed E-state index contributed by atoms with van der Waals surface area (Å²) in [6.45, 7) is 6.02. The molecule has 0 aliphatic carbocycles. The van der Waals surface area contributed by atoms with E-state index in [1.807, 2.05) is 4.90 Å². The molecule has 1 fully saturated rings. The molecule has 0 radical (unpaired) electrons. The average Bonchev–Trinajstić information content (AvgIpc) is 2.77. The third kappa shape index (κ3) is 5.12. The Morgan fingerprint density at radius 1 is 1.43 bits per heavy atom. The van der Waals surface area contributed by atoms with Gasteiger partial charge in [0, 0.05) is 43.7 Å². The Morgan fingerprint density at radius 2 is 2.23 bits per heavy atom. The van der Waals surface area contributed by atoms with Gasteiger partial charge in [0.25, 0.3) is 5.91 Å². The van der Waals surface area contributed by atoms with Gasteiger partial charge in [0.05, 0.1) is 19.8 Å². The summed E-state index contributed by atoms with van der Waals surface area (Å²) < 4.78 is 12.6. The van der Waals surface area contributed by atoms with E-state index in [-0.39, 0.29) is 12.0 Å². The molecule has 0 saturated carbocycles. The summed E-state index contributed by atoms with van der Waals surface area (Å²) in [5, 5.41) is 2.95. The van der Waals surface area contributed by atoms with Gasteiger partial charge in [-0.25, -0.2) is 9.40 Å². The zero-order valence-electron chi connectivity index (χ0n) is 17.8. The van der Waals surface area contributed by atoms with Crippen LogP contribution in [-0.2, 0) is 4.74 Å². The Hall–Kier alpha value is -2.58. The van der Waals surface area contributed by atoms with Crippen molar-refractivity contribution in [3.8, 4) is 5.75 Å². The standard InChI is InChI=1S/C21H28ClN5O3/c1-14(2)11-16-13-26(9-10-30-16)20(28)15-5-6-17(18(12-15)29-4)27(22)21-24-8-7-19(23-3)25-21/h5-8,12,14,16H,9-11,13H2,1-4H3,(H,23,24,25). The molecule has 1 aliphatic heterocycles. The lowest BCUT2D eigenvalue weighted by atomic mass is 10.0. The molecule has 8 nitrogen and oxygen atoms in total. The first-order valence-electron chi connectivity index (χ1n) is 9.98. The van der Waals surface area contributed by atoms with Gasteiger partial charge in [-0.2, -0.15) is 4.98 Å². The van der Waals surface area contributed by atoms with Crippen LogP contribution in [-0.4, -0.2) is 60.7 Å². The lowest BCUT2D eigenvalue weighted by molar-refractivity contribution is -0.0298. The molecule has 3 rings (SSSR count). The minimum atomic E-state index is -0.0496. The maximum absolute atomic E-state index is 13.1. The highest BCUT2D eigenvalue weighted by atomic mass is 35.5. The summed E-state index contributed by atoms with van der Waals surface area (Å²) in [5.74, 6) is 1.86. The van der Waals surface area contributed by atoms with Crippen molar-refractivity contribution < 1.29 is 14.3 Å². The van der Waals surface area contributed by atoms with Crippen molar-refractivity contribution in [2.75, 3.05) is 43.6 Å². The van der Waals surface area contributed by atoms with Crippen LogP contribution in [0, 0.1) is 5.92 Å². The molecule has 1 N–H and O–H groups in total. The van der Waals surface area contributed by atoms with E-state index in [0.29, 0.717) is 54.4 Å². The van der Waals surface area contributed by atoms with Crippen LogP contribution < -0.4 is 14.5 Å². The number of hydrogen-bond donors (Lipinski definition) is 1. The van der Waals surface area contributed by atoms with Gasteiger partial charge in [0.2, 0.25) is 5.95 Å². The fraction of sp³-hybridized carbons (Fsp3) is 0.476. The van der Waals surface area contributed by atoms with Crippen molar-refractivity contribution in [1.82, 2.24) is 14.9 Å². The number of ether oxygens (including phenoxy) is 2. The average molecular weight is 434 g/mol. The van der Waals surface area contributed by atoms with Gasteiger partial charge in [-0.15, -0.1) is 0 Å². The zero-order valence-corrected chi connectivity index (χ0v) is 18.5. The second-order valence-electron chi connectivity index (χ2n) is 7.53. The van der Waals surface area contributed by atoms with Crippen molar-refractivity contribution in [2.24, 2.45) is 5.92 Å². The summed E-state index contributed by atoms with van der Waals surface area (Å²) in [6.07, 6.45) is 2.61. The molecule has 1 aliphatic rings. The second-order valence-corrected chi connectivity index (χ2v) is 7.87. The molecule has 0 bridgehead atoms. The zero-order chi connectivity index (χ0) is 21.7. The molecule has 162 valence electrons. The van der Waals surface area contributed by atoms with Gasteiger partial charge >= 0.3 is 0 Å². The lowest BCUT2D eigenvalue weighted by Gasteiger charge is -2.34. The van der Waals surface area contributed by atoms with Gasteiger partial charge in [0.1, 0.15) is 17.3 Å². The van der Waals surface area contributed by atoms with Crippen LogP contribution in [0.15, 0.2) is 30.5 Å². The van der Waals surface area contributed by atoms with Gasteiger partial charge < -0.3 is 19.7 Å². The highest BCUT2D eigenvalue weighted by Gasteiger charge is 2.26. The van der Waals surface area contributed by atoms with E-state index in [4.69, 9.17) is 21.3 Å². The minimum absolute atomic E-state index is 0.0496. The number of amides is 1. The van der Waals surface area contributed by atoms with Gasteiger partial charge in [-0.1, -0.05) is 13.8 Å². The first-order valence-corrected chi connectivity index (χ1v) is 10.3. The molecule has 1 amide bonds. The van der Waals surface area contributed by atoms with Gasteiger partial charge in [-0.05, 0) is 36.6 Å². The number of carbonyl (C=O) groups is 1. The summed E-state index contributed by atoms with van der Waals surface area (Å²) in [4.78, 5) is 23.4. The maximum atomic E-state index is 13.1. The van der Waals surface area contributed by atoms with E-state index in [0.717, 1.165) is 6.42 Å². The Kier molecular flexibility index (Phi) is 7.33. The summed E-state index contributed by atoms with van der Waals surface area (Å²) in [7, 11) is 3.30. The Labute approximate surface area is 182 Å². The molecule has 30 heavy (non-hydrogen) atoms. The van der Waals surface area contributed by atoms with E-state index < -0.39 is 0 Å². The number of benzene rings is 1. The number of methoxy groups -OCH3 is 1. The molecule has 1 aromatic carbocycles. The van der Waals surface area contributed by atoms with E-state index in [2.05, 4.69) is 29.1 Å². The normalized spacial score (nSPS) is 16.5. The first kappa shape index (κ1) is 22.1. The number of nitrogens with zero attached hydrogens (tertiary/aromatic N) is 4. The Balaban J connectivity index is 1.80. The summed E-state index contributed by atoms with van der Waals surface area (Å²) in [5.41, 5.74) is 1.08. The van der Waals surface area contributed by atoms with E-state index in [1.165, 1.54) is 11.5 Å². The fourth-order valence-electron chi connectivity index (χ4n) is 3.42. The van der Waals surface area contributed by atoms with Crippen LogP contribution in [0.2, 0.25) is 0 Å². The molecule has 1 atom stereocenters. The number of aromatic nitrogens is 2. The van der Waals surface area contributed by atoms with E-state index in [1.54, 1.807) is 37.5 Å². The van der Waals surface area contributed by atoms with Crippen LogP contribution in [0.4, 0.5) is 17.5 Å². The lowest BCUT2D eigenvalue weighted by Crippen LogP contribution is -2.46. The molecule has 1 unspecified atom stereocenters. The second kappa shape index (κ2) is 9.95. The van der Waals surface area contributed by atoms with Crippen LogP contribution >= 0.6 is 11.8 Å². The fourth-order valence-corrected chi connectivity index (χ4v) is 3.64. The molecule has 0 spiro atoms. The van der Waals surface area contributed by atoms with Crippen LogP contribution in [0.1, 0.15) is 30.6 Å². The minimum Gasteiger partial charge on any atom is -0.494 e. The molecule has 2 heterocycles. The largest absolute Gasteiger partial charge is 0.494 e. The van der Waals surface area contributed by atoms with Crippen molar-refractivity contribution in [2.45, 2.75) is 26.4 Å². The number of rotatable bonds is 7. The van der Waals surface area contributed by atoms with Crippen LogP contribution in [0.5, 0.6) is 5.75 Å². The van der Waals surface area contributed by atoms with Crippen molar-refractivity contribution >= 4 is 35.1 Å². The predicted octanol–water partition coefficient (Wildman–Crippen LogP) is 3.71. The smallest absolute Gasteiger partial charge is 0.254 e. The molecule has 2 aromatic rings. The number of nitrogens with one attached hydrogen (secondary N) is 1. The number of morpholine rings is 1. The number of anilines is 3.